The molecule has 0 amide bonds. The molecule has 0 saturated carbocycles. The highest BCUT2D eigenvalue weighted by Crippen LogP contribution is 2.27. The molecule has 4 heteroatoms. The van der Waals surface area contributed by atoms with Crippen LogP contribution in [0.2, 0.25) is 0 Å². The zero-order valence-corrected chi connectivity index (χ0v) is 13.4. The lowest BCUT2D eigenvalue weighted by molar-refractivity contribution is 0.0877. The number of likely N-dealkylation sites (N-methyl/N-ethyl adjacent to an activating group) is 2. The Balaban J connectivity index is 3.00. The Morgan fingerprint density at radius 2 is 1.95 bits per heavy atom. The van der Waals surface area contributed by atoms with Gasteiger partial charge in [0, 0.05) is 37.4 Å². The van der Waals surface area contributed by atoms with Gasteiger partial charge in [-0.25, -0.2) is 4.98 Å². The molecule has 1 heterocycles. The quantitative estimate of drug-likeness (QED) is 0.782. The zero-order valence-electron chi connectivity index (χ0n) is 13.4. The second kappa shape index (κ2) is 7.06. The van der Waals surface area contributed by atoms with Gasteiger partial charge in [0.15, 0.2) is 0 Å². The van der Waals surface area contributed by atoms with Crippen molar-refractivity contribution in [3.63, 3.8) is 0 Å². The fraction of sp³-hybridized carbons (Fsp3) is 0.800. The number of nitrogens with zero attached hydrogens (tertiary/aromatic N) is 3. The van der Waals surface area contributed by atoms with Gasteiger partial charge in [-0.2, -0.15) is 0 Å². The first-order valence-corrected chi connectivity index (χ1v) is 7.38. The van der Waals surface area contributed by atoms with Crippen LogP contribution in [0.3, 0.4) is 0 Å². The molecule has 1 rings (SSSR count). The first-order chi connectivity index (χ1) is 9.01. The van der Waals surface area contributed by atoms with Crippen molar-refractivity contribution in [3.8, 4) is 0 Å². The van der Waals surface area contributed by atoms with Crippen LogP contribution < -0.4 is 5.32 Å². The summed E-state index contributed by atoms with van der Waals surface area (Å²) in [6.07, 6.45) is 7.15. The average molecular weight is 266 g/mol. The van der Waals surface area contributed by atoms with Crippen LogP contribution in [-0.4, -0.2) is 46.7 Å². The van der Waals surface area contributed by atoms with E-state index < -0.39 is 0 Å². The van der Waals surface area contributed by atoms with Crippen molar-refractivity contribution in [2.24, 2.45) is 7.05 Å². The third kappa shape index (κ3) is 3.37. The van der Waals surface area contributed by atoms with E-state index >= 15 is 0 Å². The summed E-state index contributed by atoms with van der Waals surface area (Å²) < 4.78 is 2.12. The molecule has 0 aliphatic rings. The van der Waals surface area contributed by atoms with Gasteiger partial charge in [-0.1, -0.05) is 20.8 Å². The molecule has 1 atom stereocenters. The molecule has 0 radical (unpaired) electrons. The topological polar surface area (TPSA) is 33.1 Å². The minimum Gasteiger partial charge on any atom is -0.338 e. The third-order valence-corrected chi connectivity index (χ3v) is 4.52. The molecule has 1 aromatic heterocycles. The van der Waals surface area contributed by atoms with Crippen molar-refractivity contribution >= 4 is 0 Å². The molecule has 0 fully saturated rings. The minimum absolute atomic E-state index is 0.183. The number of aryl methyl sites for hydroxylation is 1. The van der Waals surface area contributed by atoms with Crippen molar-refractivity contribution in [1.82, 2.24) is 19.8 Å². The highest BCUT2D eigenvalue weighted by molar-refractivity contribution is 5.04. The van der Waals surface area contributed by atoms with Gasteiger partial charge in [0.1, 0.15) is 5.82 Å². The predicted octanol–water partition coefficient (Wildman–Crippen LogP) is 2.06. The molecule has 0 bridgehead atoms. The molecule has 0 aliphatic carbocycles. The average Bonchev–Trinajstić information content (AvgIpc) is 2.77. The van der Waals surface area contributed by atoms with Crippen LogP contribution in [0, 0.1) is 0 Å². The van der Waals surface area contributed by atoms with E-state index in [0.29, 0.717) is 6.04 Å². The summed E-state index contributed by atoms with van der Waals surface area (Å²) in [5, 5.41) is 3.68. The van der Waals surface area contributed by atoms with Gasteiger partial charge >= 0.3 is 0 Å². The summed E-state index contributed by atoms with van der Waals surface area (Å²) in [5.41, 5.74) is 0.183. The maximum absolute atomic E-state index is 4.48. The van der Waals surface area contributed by atoms with E-state index in [2.05, 4.69) is 61.7 Å². The Kier molecular flexibility index (Phi) is 6.01. The van der Waals surface area contributed by atoms with Gasteiger partial charge in [-0.3, -0.25) is 0 Å². The van der Waals surface area contributed by atoms with E-state index in [1.54, 1.807) is 0 Å². The van der Waals surface area contributed by atoms with Crippen LogP contribution in [0.25, 0.3) is 0 Å². The number of imidazole rings is 1. The van der Waals surface area contributed by atoms with E-state index in [-0.39, 0.29) is 5.54 Å². The van der Waals surface area contributed by atoms with Gasteiger partial charge < -0.3 is 14.8 Å². The van der Waals surface area contributed by atoms with Gasteiger partial charge in [0.05, 0.1) is 0 Å². The van der Waals surface area contributed by atoms with Crippen LogP contribution >= 0.6 is 0 Å². The highest BCUT2D eigenvalue weighted by atomic mass is 15.2. The molecule has 19 heavy (non-hydrogen) atoms. The van der Waals surface area contributed by atoms with E-state index in [4.69, 9.17) is 0 Å². The number of hydrogen-bond acceptors (Lipinski definition) is 3. The van der Waals surface area contributed by atoms with Crippen molar-refractivity contribution in [3.05, 3.63) is 18.2 Å². The molecule has 0 aromatic carbocycles. The van der Waals surface area contributed by atoms with E-state index in [9.17, 15) is 0 Å². The Morgan fingerprint density at radius 3 is 2.32 bits per heavy atom. The maximum atomic E-state index is 4.48. The molecular formula is C15H30N4. The summed E-state index contributed by atoms with van der Waals surface area (Å²) >= 11 is 0. The lowest BCUT2D eigenvalue weighted by atomic mass is 9.81. The number of rotatable bonds is 8. The van der Waals surface area contributed by atoms with Crippen molar-refractivity contribution in [2.75, 3.05) is 20.6 Å². The van der Waals surface area contributed by atoms with E-state index in [1.165, 1.54) is 0 Å². The van der Waals surface area contributed by atoms with Crippen LogP contribution in [0.1, 0.15) is 39.4 Å². The Bertz CT molecular complexity index is 366. The van der Waals surface area contributed by atoms with Crippen LogP contribution in [0.5, 0.6) is 0 Å². The molecular weight excluding hydrogens is 236 g/mol. The molecule has 4 nitrogen and oxygen atoms in total. The van der Waals surface area contributed by atoms with Crippen molar-refractivity contribution < 1.29 is 0 Å². The standard InChI is InChI=1S/C15H30N4/c1-7-15(8-2,18(4)5)13(16-9-3)12-14-17-10-11-19(14)6/h10-11,13,16H,7-9,12H2,1-6H3. The Hall–Kier alpha value is -0.870. The summed E-state index contributed by atoms with van der Waals surface area (Å²) in [6.45, 7) is 7.74. The van der Waals surface area contributed by atoms with Crippen LogP contribution in [0.4, 0.5) is 0 Å². The van der Waals surface area contributed by atoms with Gasteiger partial charge in [0.25, 0.3) is 0 Å². The fourth-order valence-electron chi connectivity index (χ4n) is 3.16. The molecule has 1 aromatic rings. The molecule has 0 saturated heterocycles. The minimum atomic E-state index is 0.183. The van der Waals surface area contributed by atoms with Crippen molar-refractivity contribution in [2.45, 2.75) is 51.6 Å². The largest absolute Gasteiger partial charge is 0.338 e. The summed E-state index contributed by atoms with van der Waals surface area (Å²) in [6, 6.07) is 0.420. The highest BCUT2D eigenvalue weighted by Gasteiger charge is 2.37. The number of aromatic nitrogens is 2. The molecule has 1 unspecified atom stereocenters. The van der Waals surface area contributed by atoms with E-state index in [1.807, 2.05) is 12.4 Å². The summed E-state index contributed by atoms with van der Waals surface area (Å²) in [7, 11) is 6.45. The van der Waals surface area contributed by atoms with Crippen LogP contribution in [0.15, 0.2) is 12.4 Å². The lowest BCUT2D eigenvalue weighted by Gasteiger charge is -2.45. The first kappa shape index (κ1) is 16.2. The summed E-state index contributed by atoms with van der Waals surface area (Å²) in [5.74, 6) is 1.15. The van der Waals surface area contributed by atoms with Gasteiger partial charge in [-0.15, -0.1) is 0 Å². The first-order valence-electron chi connectivity index (χ1n) is 7.38. The second-order valence-corrected chi connectivity index (χ2v) is 5.47. The van der Waals surface area contributed by atoms with Gasteiger partial charge in [-0.05, 0) is 33.5 Å². The Morgan fingerprint density at radius 1 is 1.32 bits per heavy atom. The molecule has 0 aliphatic heterocycles. The Labute approximate surface area is 118 Å². The maximum Gasteiger partial charge on any atom is 0.109 e. The normalized spacial score (nSPS) is 14.1. The molecule has 110 valence electrons. The zero-order chi connectivity index (χ0) is 14.5. The third-order valence-electron chi connectivity index (χ3n) is 4.52. The summed E-state index contributed by atoms with van der Waals surface area (Å²) in [4.78, 5) is 6.86. The lowest BCUT2D eigenvalue weighted by Crippen LogP contribution is -2.59. The number of hydrogen-bond donors (Lipinski definition) is 1. The second-order valence-electron chi connectivity index (χ2n) is 5.47. The number of nitrogens with one attached hydrogen (secondary N) is 1. The van der Waals surface area contributed by atoms with Crippen molar-refractivity contribution in [1.29, 1.82) is 0 Å². The fourth-order valence-corrected chi connectivity index (χ4v) is 3.16. The van der Waals surface area contributed by atoms with Gasteiger partial charge in [0.2, 0.25) is 0 Å². The smallest absolute Gasteiger partial charge is 0.109 e. The van der Waals surface area contributed by atoms with E-state index in [0.717, 1.165) is 31.6 Å². The molecule has 1 N–H and O–H groups in total. The van der Waals surface area contributed by atoms with Crippen LogP contribution in [-0.2, 0) is 13.5 Å². The molecule has 0 spiro atoms. The predicted molar refractivity (Wildman–Crippen MR) is 81.4 cm³/mol. The monoisotopic (exact) mass is 266 g/mol. The SMILES string of the molecule is CCNC(Cc1nccn1C)C(CC)(CC)N(C)C.